The van der Waals surface area contributed by atoms with Crippen LogP contribution in [0.2, 0.25) is 0 Å². The summed E-state index contributed by atoms with van der Waals surface area (Å²) < 4.78 is 39.6. The van der Waals surface area contributed by atoms with Crippen molar-refractivity contribution in [3.05, 3.63) is 59.4 Å². The Kier molecular flexibility index (Phi) is 3.19. The van der Waals surface area contributed by atoms with Gasteiger partial charge in [0.05, 0.1) is 5.56 Å². The van der Waals surface area contributed by atoms with Crippen LogP contribution in [0.1, 0.15) is 17.3 Å². The average molecular weight is 250 g/mol. The molecule has 0 unspecified atom stereocenters. The van der Waals surface area contributed by atoms with Gasteiger partial charge in [0.1, 0.15) is 5.82 Å². The van der Waals surface area contributed by atoms with E-state index >= 15 is 0 Å². The molecular weight excluding hydrogens is 241 g/mol. The molecule has 0 radical (unpaired) electrons. The van der Waals surface area contributed by atoms with Crippen LogP contribution >= 0.6 is 0 Å². The van der Waals surface area contributed by atoms with E-state index in [1.165, 1.54) is 25.1 Å². The van der Waals surface area contributed by atoms with Crippen molar-refractivity contribution < 1.29 is 18.0 Å². The molecule has 1 nitrogen and oxygen atoms in total. The molecule has 2 rings (SSSR count). The summed E-state index contributed by atoms with van der Waals surface area (Å²) in [5, 5.41) is 0. The number of ketones is 1. The topological polar surface area (TPSA) is 17.1 Å². The van der Waals surface area contributed by atoms with Gasteiger partial charge in [-0.05, 0) is 36.2 Å². The number of carbonyl (C=O) groups excluding carboxylic acids is 1. The SMILES string of the molecule is CC(=O)c1c(F)cccc1-c1ccc(F)c(F)c1. The van der Waals surface area contributed by atoms with E-state index in [9.17, 15) is 18.0 Å². The third-order valence-corrected chi connectivity index (χ3v) is 2.60. The number of halogens is 3. The number of benzene rings is 2. The Labute approximate surface area is 102 Å². The van der Waals surface area contributed by atoms with Crippen LogP contribution in [-0.4, -0.2) is 5.78 Å². The maximum Gasteiger partial charge on any atom is 0.163 e. The molecule has 0 heterocycles. The molecule has 0 aliphatic carbocycles. The Morgan fingerprint density at radius 2 is 1.67 bits per heavy atom. The highest BCUT2D eigenvalue weighted by molar-refractivity contribution is 6.01. The van der Waals surface area contributed by atoms with E-state index < -0.39 is 23.2 Å². The summed E-state index contributed by atoms with van der Waals surface area (Å²) in [4.78, 5) is 11.4. The molecule has 0 amide bonds. The van der Waals surface area contributed by atoms with Crippen LogP contribution in [-0.2, 0) is 0 Å². The number of hydrogen-bond acceptors (Lipinski definition) is 1. The molecule has 0 bridgehead atoms. The first-order valence-electron chi connectivity index (χ1n) is 5.25. The summed E-state index contributed by atoms with van der Waals surface area (Å²) >= 11 is 0. The summed E-state index contributed by atoms with van der Waals surface area (Å²) in [6, 6.07) is 7.25. The first-order valence-corrected chi connectivity index (χ1v) is 5.25. The molecule has 0 fully saturated rings. The predicted molar refractivity (Wildman–Crippen MR) is 61.8 cm³/mol. The molecule has 18 heavy (non-hydrogen) atoms. The van der Waals surface area contributed by atoms with E-state index in [2.05, 4.69) is 0 Å². The first kappa shape index (κ1) is 12.4. The molecule has 2 aromatic carbocycles. The molecule has 0 saturated carbocycles. The fraction of sp³-hybridized carbons (Fsp3) is 0.0714. The highest BCUT2D eigenvalue weighted by Gasteiger charge is 2.15. The highest BCUT2D eigenvalue weighted by atomic mass is 19.2. The minimum atomic E-state index is -1.04. The lowest BCUT2D eigenvalue weighted by atomic mass is 9.97. The zero-order valence-corrected chi connectivity index (χ0v) is 9.51. The van der Waals surface area contributed by atoms with Crippen LogP contribution in [0.5, 0.6) is 0 Å². The van der Waals surface area contributed by atoms with Crippen molar-refractivity contribution in [3.63, 3.8) is 0 Å². The largest absolute Gasteiger partial charge is 0.294 e. The molecule has 0 aliphatic heterocycles. The third-order valence-electron chi connectivity index (χ3n) is 2.60. The van der Waals surface area contributed by atoms with Crippen LogP contribution in [0, 0.1) is 17.5 Å². The van der Waals surface area contributed by atoms with Gasteiger partial charge >= 0.3 is 0 Å². The minimum absolute atomic E-state index is 0.122. The van der Waals surface area contributed by atoms with E-state index in [0.717, 1.165) is 18.2 Å². The molecular formula is C14H9F3O. The van der Waals surface area contributed by atoms with Gasteiger partial charge in [-0.25, -0.2) is 13.2 Å². The Morgan fingerprint density at radius 1 is 0.944 bits per heavy atom. The molecule has 0 atom stereocenters. The number of rotatable bonds is 2. The molecule has 92 valence electrons. The first-order chi connectivity index (χ1) is 8.50. The molecule has 4 heteroatoms. The Bertz CT molecular complexity index is 620. The number of carbonyl (C=O) groups is 1. The van der Waals surface area contributed by atoms with E-state index in [0.29, 0.717) is 0 Å². The van der Waals surface area contributed by atoms with Crippen LogP contribution in [0.3, 0.4) is 0 Å². The minimum Gasteiger partial charge on any atom is -0.294 e. The van der Waals surface area contributed by atoms with Gasteiger partial charge in [0.15, 0.2) is 17.4 Å². The van der Waals surface area contributed by atoms with Crippen molar-refractivity contribution in [3.8, 4) is 11.1 Å². The Hall–Kier alpha value is -2.10. The predicted octanol–water partition coefficient (Wildman–Crippen LogP) is 3.97. The van der Waals surface area contributed by atoms with Gasteiger partial charge in [0.2, 0.25) is 0 Å². The van der Waals surface area contributed by atoms with Gasteiger partial charge in [-0.3, -0.25) is 4.79 Å². The molecule has 0 aliphatic rings. The smallest absolute Gasteiger partial charge is 0.163 e. The van der Waals surface area contributed by atoms with Gasteiger partial charge in [-0.15, -0.1) is 0 Å². The van der Waals surface area contributed by atoms with Crippen LogP contribution in [0.25, 0.3) is 11.1 Å². The van der Waals surface area contributed by atoms with Gasteiger partial charge in [-0.1, -0.05) is 18.2 Å². The average Bonchev–Trinajstić information content (AvgIpc) is 2.32. The van der Waals surface area contributed by atoms with Crippen LogP contribution < -0.4 is 0 Å². The van der Waals surface area contributed by atoms with Gasteiger partial charge in [0.25, 0.3) is 0 Å². The van der Waals surface area contributed by atoms with Crippen LogP contribution in [0.15, 0.2) is 36.4 Å². The molecule has 0 aromatic heterocycles. The second kappa shape index (κ2) is 4.64. The summed E-state index contributed by atoms with van der Waals surface area (Å²) in [6.45, 7) is 1.22. The van der Waals surface area contributed by atoms with Crippen molar-refractivity contribution in [2.45, 2.75) is 6.92 Å². The molecule has 0 spiro atoms. The van der Waals surface area contributed by atoms with Gasteiger partial charge < -0.3 is 0 Å². The Morgan fingerprint density at radius 3 is 2.28 bits per heavy atom. The maximum atomic E-state index is 13.6. The Balaban J connectivity index is 2.67. The fourth-order valence-corrected chi connectivity index (χ4v) is 1.79. The second-order valence-corrected chi connectivity index (χ2v) is 3.85. The summed E-state index contributed by atoms with van der Waals surface area (Å²) in [5.74, 6) is -3.16. The van der Waals surface area contributed by atoms with Crippen molar-refractivity contribution in [1.82, 2.24) is 0 Å². The van der Waals surface area contributed by atoms with Crippen molar-refractivity contribution in [2.24, 2.45) is 0 Å². The summed E-state index contributed by atoms with van der Waals surface area (Å²) in [7, 11) is 0. The van der Waals surface area contributed by atoms with Crippen LogP contribution in [0.4, 0.5) is 13.2 Å². The normalized spacial score (nSPS) is 10.4. The van der Waals surface area contributed by atoms with Gasteiger partial charge in [-0.2, -0.15) is 0 Å². The van der Waals surface area contributed by atoms with Crippen molar-refractivity contribution >= 4 is 5.78 Å². The fourth-order valence-electron chi connectivity index (χ4n) is 1.79. The van der Waals surface area contributed by atoms with Gasteiger partial charge in [0, 0.05) is 0 Å². The lowest BCUT2D eigenvalue weighted by Gasteiger charge is -2.08. The highest BCUT2D eigenvalue weighted by Crippen LogP contribution is 2.27. The monoisotopic (exact) mass is 250 g/mol. The quantitative estimate of drug-likeness (QED) is 0.737. The zero-order valence-electron chi connectivity index (χ0n) is 9.51. The lowest BCUT2D eigenvalue weighted by molar-refractivity contribution is 0.101. The lowest BCUT2D eigenvalue weighted by Crippen LogP contribution is -2.00. The van der Waals surface area contributed by atoms with Crippen molar-refractivity contribution in [1.29, 1.82) is 0 Å². The molecule has 0 saturated heterocycles. The molecule has 0 N–H and O–H groups in total. The van der Waals surface area contributed by atoms with E-state index in [1.807, 2.05) is 0 Å². The zero-order chi connectivity index (χ0) is 13.3. The van der Waals surface area contributed by atoms with Crippen molar-refractivity contribution in [2.75, 3.05) is 0 Å². The molecule has 2 aromatic rings. The third kappa shape index (κ3) is 2.14. The standard InChI is InChI=1S/C14H9F3O/c1-8(18)14-10(3-2-4-12(14)16)9-5-6-11(15)13(17)7-9/h2-7H,1H3. The second-order valence-electron chi connectivity index (χ2n) is 3.85. The number of hydrogen-bond donors (Lipinski definition) is 0. The number of Topliss-reactive ketones (excluding diaryl/α,β-unsaturated/α-hetero) is 1. The van der Waals surface area contributed by atoms with E-state index in [4.69, 9.17) is 0 Å². The summed E-state index contributed by atoms with van der Waals surface area (Å²) in [6.07, 6.45) is 0. The summed E-state index contributed by atoms with van der Waals surface area (Å²) in [5.41, 5.74) is 0.392. The maximum absolute atomic E-state index is 13.6. The van der Waals surface area contributed by atoms with E-state index in [1.54, 1.807) is 0 Å². The van der Waals surface area contributed by atoms with E-state index in [-0.39, 0.29) is 16.7 Å².